The van der Waals surface area contributed by atoms with Crippen molar-refractivity contribution in [2.75, 3.05) is 126 Å². The summed E-state index contributed by atoms with van der Waals surface area (Å²) in [5, 5.41) is 0. The number of unbranched alkanes of at least 4 members (excludes halogenated alkanes) is 11. The topological polar surface area (TPSA) is 133 Å². The minimum absolute atomic E-state index is 0.126. The van der Waals surface area contributed by atoms with Gasteiger partial charge >= 0.3 is 0 Å². The molecule has 0 saturated carbocycles. The van der Waals surface area contributed by atoms with E-state index in [-0.39, 0.29) is 10.8 Å². The van der Waals surface area contributed by atoms with Gasteiger partial charge in [-0.05, 0) is 238 Å². The summed E-state index contributed by atoms with van der Waals surface area (Å²) in [6, 6.07) is 101. The second-order valence-corrected chi connectivity index (χ2v) is 34.7. The Hall–Kier alpha value is -11.8. The zero-order valence-corrected chi connectivity index (χ0v) is 77.1. The van der Waals surface area contributed by atoms with Crippen molar-refractivity contribution in [3.63, 3.8) is 0 Å². The fourth-order valence-corrected chi connectivity index (χ4v) is 16.1. The van der Waals surface area contributed by atoms with Gasteiger partial charge in [0.1, 0.15) is 51.7 Å². The van der Waals surface area contributed by atoms with Crippen molar-refractivity contribution in [3.8, 4) is 62.9 Å². The Kier molecular flexibility index (Phi) is 36.2. The smallest absolute Gasteiger partial charge is 0.129 e. The first-order valence-corrected chi connectivity index (χ1v) is 47.3. The van der Waals surface area contributed by atoms with E-state index in [2.05, 4.69) is 273 Å². The Labute approximate surface area is 772 Å². The van der Waals surface area contributed by atoms with Crippen molar-refractivity contribution in [2.24, 2.45) is 10.8 Å². The van der Waals surface area contributed by atoms with Gasteiger partial charge in [-0.3, -0.25) is 0 Å². The lowest BCUT2D eigenvalue weighted by molar-refractivity contribution is -0.138. The second kappa shape index (κ2) is 49.8. The van der Waals surface area contributed by atoms with E-state index in [0.29, 0.717) is 95.7 Å². The molecule has 17 heteroatoms. The quantitative estimate of drug-likeness (QED) is 0.0334. The molecule has 682 valence electrons. The van der Waals surface area contributed by atoms with Gasteiger partial charge in [0.05, 0.1) is 79.3 Å². The van der Waals surface area contributed by atoms with E-state index in [9.17, 15) is 0 Å². The summed E-state index contributed by atoms with van der Waals surface area (Å²) in [5.41, 5.74) is 14.9. The standard InChI is InChI=1S/C113H132N4O13/c1-7-10-13-16-68-124-105-41-24-34-96(74-105)114(93-56-60-103(61-57-93)130-111-47-30-40-102(80-111)117(99-37-27-44-108(77-99)126-70-18-15-12-9-3)100-38-28-45-109(78-100)128-72-22-20-65-120-82-112(4)84-122-85-112)91-52-48-89(49-53-91)90-50-54-92(55-51-90)116(98-36-26-42-106(76-98)125-69-17-14-11-8-2)101-39-29-46-110(79-101)129-104-62-58-94(59-63-104)115(97-35-25-43-107(75-97)127-71-21-19-64-118-6)95-33-23-32-88(73-95)81-119-66-31-67-121-83-113(5)86-123-87-113/h23-30,32-63,73-80H,7-22,31,64-72,81-87H2,1-6H3. The first kappa shape index (κ1) is 94.3. The molecule has 0 atom stereocenters. The van der Waals surface area contributed by atoms with Gasteiger partial charge in [-0.25, -0.2) is 0 Å². The van der Waals surface area contributed by atoms with Crippen molar-refractivity contribution < 1.29 is 61.6 Å². The van der Waals surface area contributed by atoms with E-state index in [4.69, 9.17) is 61.6 Å². The lowest BCUT2D eigenvalue weighted by atomic mass is 9.90. The van der Waals surface area contributed by atoms with Crippen LogP contribution >= 0.6 is 0 Å². The molecule has 2 heterocycles. The first-order valence-electron chi connectivity index (χ1n) is 47.3. The third-order valence-electron chi connectivity index (χ3n) is 23.3. The third-order valence-corrected chi connectivity index (χ3v) is 23.3. The number of hydrogen-bond donors (Lipinski definition) is 0. The molecule has 0 bridgehead atoms. The van der Waals surface area contributed by atoms with E-state index >= 15 is 0 Å². The number of rotatable bonds is 57. The molecule has 17 nitrogen and oxygen atoms in total. The summed E-state index contributed by atoms with van der Waals surface area (Å²) in [7, 11) is 1.73. The van der Waals surface area contributed by atoms with E-state index in [1.807, 2.05) is 72.8 Å². The zero-order valence-electron chi connectivity index (χ0n) is 77.1. The molecule has 0 unspecified atom stereocenters. The van der Waals surface area contributed by atoms with Crippen LogP contribution in [0.25, 0.3) is 11.1 Å². The Morgan fingerprint density at radius 3 is 0.846 bits per heavy atom. The van der Waals surface area contributed by atoms with Crippen LogP contribution in [0.1, 0.15) is 149 Å². The molecule has 130 heavy (non-hydrogen) atoms. The van der Waals surface area contributed by atoms with Gasteiger partial charge in [0.15, 0.2) is 0 Å². The van der Waals surface area contributed by atoms with Crippen LogP contribution in [0.15, 0.2) is 291 Å². The summed E-state index contributed by atoms with van der Waals surface area (Å²) >= 11 is 0. The molecule has 0 radical (unpaired) electrons. The molecule has 2 fully saturated rings. The molecule has 0 N–H and O–H groups in total. The van der Waals surface area contributed by atoms with Crippen molar-refractivity contribution in [3.05, 3.63) is 297 Å². The van der Waals surface area contributed by atoms with E-state index in [1.165, 1.54) is 32.1 Å². The second-order valence-electron chi connectivity index (χ2n) is 34.7. The highest BCUT2D eigenvalue weighted by Gasteiger charge is 2.35. The first-order chi connectivity index (χ1) is 64.0. The normalized spacial score (nSPS) is 13.0. The molecule has 0 aromatic heterocycles. The molecule has 2 aliphatic heterocycles. The molecule has 2 aliphatic rings. The highest BCUT2D eigenvalue weighted by atomic mass is 16.5. The maximum atomic E-state index is 6.85. The lowest BCUT2D eigenvalue weighted by Gasteiger charge is -2.37. The van der Waals surface area contributed by atoms with Crippen LogP contribution in [0.4, 0.5) is 68.2 Å². The number of benzene rings is 12. The van der Waals surface area contributed by atoms with Gasteiger partial charge in [-0.15, -0.1) is 0 Å². The minimum atomic E-state index is 0.126. The molecule has 2 saturated heterocycles. The molecule has 12 aromatic rings. The van der Waals surface area contributed by atoms with Crippen LogP contribution < -0.4 is 52.8 Å². The van der Waals surface area contributed by atoms with Gasteiger partial charge < -0.3 is 81.2 Å². The highest BCUT2D eigenvalue weighted by Crippen LogP contribution is 2.46. The summed E-state index contributed by atoms with van der Waals surface area (Å²) in [4.78, 5) is 9.03. The summed E-state index contributed by atoms with van der Waals surface area (Å²) in [5.74, 6) is 6.81. The van der Waals surface area contributed by atoms with Crippen LogP contribution in [0.5, 0.6) is 51.7 Å². The van der Waals surface area contributed by atoms with Gasteiger partial charge in [-0.1, -0.05) is 171 Å². The Morgan fingerprint density at radius 1 is 0.246 bits per heavy atom. The Bertz CT molecular complexity index is 5350. The molecule has 12 aromatic carbocycles. The van der Waals surface area contributed by atoms with Gasteiger partial charge in [0.25, 0.3) is 0 Å². The maximum Gasteiger partial charge on any atom is 0.129 e. The van der Waals surface area contributed by atoms with E-state index < -0.39 is 0 Å². The van der Waals surface area contributed by atoms with E-state index in [0.717, 1.165) is 224 Å². The Morgan fingerprint density at radius 2 is 0.515 bits per heavy atom. The molecule has 0 amide bonds. The van der Waals surface area contributed by atoms with Crippen LogP contribution in [0.2, 0.25) is 0 Å². The number of hydrogen-bond acceptors (Lipinski definition) is 17. The number of ether oxygens (including phenoxy) is 13. The minimum Gasteiger partial charge on any atom is -0.494 e. The largest absolute Gasteiger partial charge is 0.494 e. The van der Waals surface area contributed by atoms with Crippen LogP contribution in [0.3, 0.4) is 0 Å². The number of methoxy groups -OCH3 is 1. The Balaban J connectivity index is 0.700. The van der Waals surface area contributed by atoms with Gasteiger partial charge in [-0.2, -0.15) is 0 Å². The van der Waals surface area contributed by atoms with Crippen molar-refractivity contribution in [2.45, 2.75) is 150 Å². The van der Waals surface area contributed by atoms with Crippen molar-refractivity contribution in [1.29, 1.82) is 0 Å². The molecular formula is C113H132N4O13. The van der Waals surface area contributed by atoms with Crippen LogP contribution in [-0.4, -0.2) is 106 Å². The molecule has 0 aliphatic carbocycles. The monoisotopic (exact) mass is 1750 g/mol. The number of nitrogens with zero attached hydrogens (tertiary/aromatic N) is 4. The molecular weight excluding hydrogens is 1620 g/mol. The lowest BCUT2D eigenvalue weighted by Crippen LogP contribution is -2.43. The zero-order chi connectivity index (χ0) is 89.6. The fraction of sp³-hybridized carbons (Fsp3) is 0.363. The van der Waals surface area contributed by atoms with Gasteiger partial charge in [0.2, 0.25) is 0 Å². The summed E-state index contributed by atoms with van der Waals surface area (Å²) in [6.45, 7) is 21.8. The average Bonchev–Trinajstić information content (AvgIpc) is 0.795. The average molecular weight is 1750 g/mol. The summed E-state index contributed by atoms with van der Waals surface area (Å²) < 4.78 is 80.2. The SMILES string of the molecule is CCCCCCOc1cccc(N(c2ccc(Oc3cccc(N(c4cccc(OCCCCCC)c4)c4cccc(OCCCCOCC5(C)COC5)c4)c3)cc2)c2ccc(-c3ccc(N(c4cccc(OCCCCCC)c4)c4cccc(Oc5ccc(N(c6cccc(COCCCOCC7(C)COC7)c6)c6cccc(OCCCCOC)c6)cc5)c4)cc3)cc2)c1. The predicted molar refractivity (Wildman–Crippen MR) is 528 cm³/mol. The third kappa shape index (κ3) is 28.1. The number of anilines is 12. The van der Waals surface area contributed by atoms with Crippen molar-refractivity contribution >= 4 is 68.2 Å². The molecule has 14 rings (SSSR count). The summed E-state index contributed by atoms with van der Waals surface area (Å²) in [6.07, 6.45) is 17.9. The highest BCUT2D eigenvalue weighted by molar-refractivity contribution is 5.84. The maximum absolute atomic E-state index is 6.85. The van der Waals surface area contributed by atoms with Crippen molar-refractivity contribution in [1.82, 2.24) is 0 Å². The molecule has 0 spiro atoms. The fourth-order valence-electron chi connectivity index (χ4n) is 16.1. The van der Waals surface area contributed by atoms with E-state index in [1.54, 1.807) is 7.11 Å². The van der Waals surface area contributed by atoms with Gasteiger partial charge in [0, 0.05) is 155 Å². The van der Waals surface area contributed by atoms with Crippen LogP contribution in [0, 0.1) is 10.8 Å². The predicted octanol–water partition coefficient (Wildman–Crippen LogP) is 29.7. The van der Waals surface area contributed by atoms with Crippen LogP contribution in [-0.2, 0) is 35.0 Å².